The van der Waals surface area contributed by atoms with E-state index in [1.807, 2.05) is 0 Å². The van der Waals surface area contributed by atoms with E-state index in [4.69, 9.17) is 4.74 Å². The zero-order chi connectivity index (χ0) is 16.6. The van der Waals surface area contributed by atoms with E-state index in [1.165, 1.54) is 13.0 Å². The fourth-order valence-corrected chi connectivity index (χ4v) is 3.27. The second-order valence-electron chi connectivity index (χ2n) is 6.73. The number of hydrogen-bond acceptors (Lipinski definition) is 1. The number of ether oxygens (including phenoxy) is 1. The molecule has 0 aliphatic heterocycles. The van der Waals surface area contributed by atoms with Crippen LogP contribution in [0.4, 0.5) is 13.2 Å². The minimum Gasteiger partial charge on any atom is -0.490 e. The molecule has 1 nitrogen and oxygen atoms in total. The molecule has 1 saturated carbocycles. The van der Waals surface area contributed by atoms with Gasteiger partial charge in [0.1, 0.15) is 5.82 Å². The lowest BCUT2D eigenvalue weighted by Crippen LogP contribution is -2.19. The van der Waals surface area contributed by atoms with Gasteiger partial charge in [0, 0.05) is 0 Å². The monoisotopic (exact) mass is 322 g/mol. The molecule has 23 heavy (non-hydrogen) atoms. The highest BCUT2D eigenvalue weighted by Crippen LogP contribution is 2.33. The summed E-state index contributed by atoms with van der Waals surface area (Å²) in [6.45, 7) is 4.13. The molecule has 1 aliphatic carbocycles. The molecule has 2 aromatic rings. The third-order valence-corrected chi connectivity index (χ3v) is 4.89. The number of hydrogen-bond donors (Lipinski definition) is 0. The number of fused-ring (bicyclic) bond motifs is 1. The summed E-state index contributed by atoms with van der Waals surface area (Å²) in [5, 5.41) is 0.0145. The van der Waals surface area contributed by atoms with Crippen LogP contribution in [0.5, 0.6) is 5.75 Å². The van der Waals surface area contributed by atoms with Crippen LogP contribution >= 0.6 is 0 Å². The van der Waals surface area contributed by atoms with Crippen molar-refractivity contribution in [2.45, 2.75) is 39.5 Å². The zero-order valence-corrected chi connectivity index (χ0v) is 13.5. The Balaban J connectivity index is 1.84. The molecule has 0 bridgehead atoms. The summed E-state index contributed by atoms with van der Waals surface area (Å²) in [6, 6.07) is 4.54. The Morgan fingerprint density at radius 1 is 1.00 bits per heavy atom. The Morgan fingerprint density at radius 2 is 1.70 bits per heavy atom. The minimum absolute atomic E-state index is 0.128. The molecule has 1 fully saturated rings. The highest BCUT2D eigenvalue weighted by molar-refractivity contribution is 5.86. The first-order chi connectivity index (χ1) is 11.0. The molecule has 0 aromatic heterocycles. The Hall–Kier alpha value is -1.71. The molecule has 0 radical (unpaired) electrons. The van der Waals surface area contributed by atoms with Crippen LogP contribution in [0.2, 0.25) is 0 Å². The maximum absolute atomic E-state index is 14.2. The highest BCUT2D eigenvalue weighted by Gasteiger charge is 2.22. The molecule has 0 N–H and O–H groups in total. The fourth-order valence-electron chi connectivity index (χ4n) is 3.27. The van der Waals surface area contributed by atoms with Gasteiger partial charge >= 0.3 is 0 Å². The average molecular weight is 322 g/mol. The van der Waals surface area contributed by atoms with Crippen molar-refractivity contribution in [3.05, 3.63) is 41.2 Å². The Morgan fingerprint density at radius 3 is 2.39 bits per heavy atom. The second kappa shape index (κ2) is 6.42. The number of aryl methyl sites for hydroxylation is 1. The summed E-state index contributed by atoms with van der Waals surface area (Å²) < 4.78 is 48.0. The molecular weight excluding hydrogens is 301 g/mol. The van der Waals surface area contributed by atoms with Crippen molar-refractivity contribution in [1.29, 1.82) is 0 Å². The predicted molar refractivity (Wildman–Crippen MR) is 85.2 cm³/mol. The predicted octanol–water partition coefficient (Wildman–Crippen LogP) is 5.77. The van der Waals surface area contributed by atoms with Crippen LogP contribution in [0.25, 0.3) is 10.8 Å². The largest absolute Gasteiger partial charge is 0.490 e. The van der Waals surface area contributed by atoms with Gasteiger partial charge in [0.25, 0.3) is 0 Å². The van der Waals surface area contributed by atoms with E-state index in [-0.39, 0.29) is 11.1 Å². The lowest BCUT2D eigenvalue weighted by molar-refractivity contribution is 0.182. The smallest absolute Gasteiger partial charge is 0.201 e. The molecule has 0 heterocycles. The van der Waals surface area contributed by atoms with Crippen molar-refractivity contribution >= 4 is 10.8 Å². The third-order valence-electron chi connectivity index (χ3n) is 4.89. The first-order valence-corrected chi connectivity index (χ1v) is 8.17. The van der Waals surface area contributed by atoms with Gasteiger partial charge in [-0.3, -0.25) is 0 Å². The molecule has 0 atom stereocenters. The quantitative estimate of drug-likeness (QED) is 0.697. The van der Waals surface area contributed by atoms with Crippen LogP contribution < -0.4 is 4.74 Å². The van der Waals surface area contributed by atoms with E-state index >= 15 is 0 Å². The van der Waals surface area contributed by atoms with Crippen molar-refractivity contribution in [2.75, 3.05) is 6.61 Å². The van der Waals surface area contributed by atoms with Crippen molar-refractivity contribution in [3.8, 4) is 5.75 Å². The summed E-state index contributed by atoms with van der Waals surface area (Å²) in [7, 11) is 0. The van der Waals surface area contributed by atoms with E-state index in [9.17, 15) is 13.2 Å². The number of rotatable bonds is 3. The first kappa shape index (κ1) is 16.2. The van der Waals surface area contributed by atoms with Crippen molar-refractivity contribution in [1.82, 2.24) is 0 Å². The fraction of sp³-hybridized carbons (Fsp3) is 0.474. The number of halogens is 3. The molecule has 4 heteroatoms. The van der Waals surface area contributed by atoms with Crippen LogP contribution in [-0.2, 0) is 0 Å². The Labute approximate surface area is 134 Å². The second-order valence-corrected chi connectivity index (χ2v) is 6.73. The number of benzene rings is 2. The lowest BCUT2D eigenvalue weighted by atomic mass is 9.83. The maximum atomic E-state index is 14.2. The summed E-state index contributed by atoms with van der Waals surface area (Å²) in [5.41, 5.74) is 0.292. The molecule has 0 spiro atoms. The van der Waals surface area contributed by atoms with Gasteiger partial charge < -0.3 is 4.74 Å². The average Bonchev–Trinajstić information content (AvgIpc) is 2.54. The SMILES string of the molecule is Cc1ccc2cc(OCC3CCC(C)CC3)c(F)c(F)c2c1F. The van der Waals surface area contributed by atoms with Crippen LogP contribution in [0.15, 0.2) is 18.2 Å². The normalized spacial score (nSPS) is 21.6. The van der Waals surface area contributed by atoms with Gasteiger partial charge in [0.15, 0.2) is 11.6 Å². The lowest BCUT2D eigenvalue weighted by Gasteiger charge is -2.26. The van der Waals surface area contributed by atoms with Crippen molar-refractivity contribution in [2.24, 2.45) is 11.8 Å². The Bertz CT molecular complexity index is 718. The van der Waals surface area contributed by atoms with Crippen LogP contribution in [0.3, 0.4) is 0 Å². The first-order valence-electron chi connectivity index (χ1n) is 8.17. The van der Waals surface area contributed by atoms with Gasteiger partial charge in [0.05, 0.1) is 12.0 Å². The summed E-state index contributed by atoms with van der Waals surface area (Å²) in [5.74, 6) is -2.02. The van der Waals surface area contributed by atoms with Gasteiger partial charge in [-0.2, -0.15) is 4.39 Å². The summed E-state index contributed by atoms with van der Waals surface area (Å²) in [4.78, 5) is 0. The molecule has 0 unspecified atom stereocenters. The molecule has 0 amide bonds. The molecule has 0 saturated heterocycles. The van der Waals surface area contributed by atoms with E-state index in [0.29, 0.717) is 23.5 Å². The highest BCUT2D eigenvalue weighted by atomic mass is 19.2. The third kappa shape index (κ3) is 3.17. The maximum Gasteiger partial charge on any atom is 0.201 e. The van der Waals surface area contributed by atoms with Crippen LogP contribution in [-0.4, -0.2) is 6.61 Å². The van der Waals surface area contributed by atoms with E-state index in [1.54, 1.807) is 12.1 Å². The molecule has 3 rings (SSSR count). The summed E-state index contributed by atoms with van der Waals surface area (Å²) >= 11 is 0. The van der Waals surface area contributed by atoms with Crippen LogP contribution in [0, 0.1) is 36.2 Å². The van der Waals surface area contributed by atoms with E-state index < -0.39 is 17.5 Å². The van der Waals surface area contributed by atoms with Gasteiger partial charge in [-0.05, 0) is 48.6 Å². The zero-order valence-electron chi connectivity index (χ0n) is 13.5. The van der Waals surface area contributed by atoms with Crippen LogP contribution in [0.1, 0.15) is 38.2 Å². The minimum atomic E-state index is -1.17. The van der Waals surface area contributed by atoms with Gasteiger partial charge in [-0.15, -0.1) is 0 Å². The molecule has 2 aromatic carbocycles. The standard InChI is InChI=1S/C19H21F3O/c1-11-3-6-13(7-4-11)10-23-15-9-14-8-5-12(2)17(20)16(14)19(22)18(15)21/h5,8-9,11,13H,3-4,6-7,10H2,1-2H3. The van der Waals surface area contributed by atoms with Gasteiger partial charge in [0.2, 0.25) is 5.82 Å². The Kier molecular flexibility index (Phi) is 4.51. The van der Waals surface area contributed by atoms with E-state index in [0.717, 1.165) is 31.6 Å². The molecule has 124 valence electrons. The van der Waals surface area contributed by atoms with Crippen molar-refractivity contribution < 1.29 is 17.9 Å². The van der Waals surface area contributed by atoms with Crippen molar-refractivity contribution in [3.63, 3.8) is 0 Å². The topological polar surface area (TPSA) is 9.23 Å². The van der Waals surface area contributed by atoms with E-state index in [2.05, 4.69) is 6.92 Å². The summed E-state index contributed by atoms with van der Waals surface area (Å²) in [6.07, 6.45) is 4.39. The molecular formula is C19H21F3O. The van der Waals surface area contributed by atoms with Gasteiger partial charge in [-0.1, -0.05) is 31.9 Å². The molecule has 1 aliphatic rings. The van der Waals surface area contributed by atoms with Gasteiger partial charge in [-0.25, -0.2) is 8.78 Å².